The minimum atomic E-state index is 0.252. The van der Waals surface area contributed by atoms with Crippen LogP contribution in [0.1, 0.15) is 32.6 Å². The lowest BCUT2D eigenvalue weighted by Gasteiger charge is -2.35. The molecule has 0 saturated heterocycles. The van der Waals surface area contributed by atoms with Crippen molar-refractivity contribution in [1.29, 1.82) is 0 Å². The maximum Gasteiger partial charge on any atom is 0.233 e. The van der Waals surface area contributed by atoms with Crippen LogP contribution in [0.5, 0.6) is 0 Å². The van der Waals surface area contributed by atoms with Crippen molar-refractivity contribution in [1.82, 2.24) is 4.90 Å². The second-order valence-electron chi connectivity index (χ2n) is 5.35. The molecule has 1 aliphatic rings. The van der Waals surface area contributed by atoms with Crippen LogP contribution in [-0.4, -0.2) is 35.2 Å². The lowest BCUT2D eigenvalue weighted by Crippen LogP contribution is -2.44. The minimum absolute atomic E-state index is 0.252. The summed E-state index contributed by atoms with van der Waals surface area (Å²) in [6.07, 6.45) is 4.19. The van der Waals surface area contributed by atoms with Crippen molar-refractivity contribution in [3.63, 3.8) is 0 Å². The lowest BCUT2D eigenvalue weighted by molar-refractivity contribution is -0.131. The van der Waals surface area contributed by atoms with Crippen molar-refractivity contribution in [3.05, 3.63) is 30.3 Å². The molecule has 2 rings (SSSR count). The van der Waals surface area contributed by atoms with Gasteiger partial charge in [0.25, 0.3) is 0 Å². The second-order valence-corrected chi connectivity index (χ2v) is 6.40. The Morgan fingerprint density at radius 3 is 2.50 bits per heavy atom. The number of nitrogens with two attached hydrogens (primary N) is 1. The summed E-state index contributed by atoms with van der Waals surface area (Å²) in [7, 11) is 0. The molecule has 0 atom stereocenters. The van der Waals surface area contributed by atoms with E-state index in [9.17, 15) is 4.79 Å². The van der Waals surface area contributed by atoms with E-state index < -0.39 is 0 Å². The van der Waals surface area contributed by atoms with Crippen molar-refractivity contribution in [2.45, 2.75) is 49.6 Å². The maximum absolute atomic E-state index is 12.4. The van der Waals surface area contributed by atoms with Crippen LogP contribution in [0.2, 0.25) is 0 Å². The third-order valence-corrected chi connectivity index (χ3v) is 4.95. The predicted molar refractivity (Wildman–Crippen MR) is 84.8 cm³/mol. The van der Waals surface area contributed by atoms with Crippen LogP contribution in [0.25, 0.3) is 0 Å². The molecule has 0 heterocycles. The van der Waals surface area contributed by atoms with Crippen LogP contribution in [0.4, 0.5) is 0 Å². The SMILES string of the molecule is CCN(C(=O)CSc1ccccc1)C1CCC(N)CC1. The molecule has 110 valence electrons. The zero-order valence-electron chi connectivity index (χ0n) is 12.1. The highest BCUT2D eigenvalue weighted by atomic mass is 32.2. The van der Waals surface area contributed by atoms with Crippen molar-refractivity contribution < 1.29 is 4.79 Å². The van der Waals surface area contributed by atoms with Crippen molar-refractivity contribution in [2.75, 3.05) is 12.3 Å². The predicted octanol–water partition coefficient (Wildman–Crippen LogP) is 2.90. The fraction of sp³-hybridized carbons (Fsp3) is 0.562. The third-order valence-electron chi connectivity index (χ3n) is 3.95. The molecule has 0 spiro atoms. The summed E-state index contributed by atoms with van der Waals surface area (Å²) in [4.78, 5) is 15.6. The molecule has 1 amide bonds. The lowest BCUT2D eigenvalue weighted by atomic mass is 9.91. The number of amides is 1. The number of carbonyl (C=O) groups excluding carboxylic acids is 1. The standard InChI is InChI=1S/C16H24N2OS/c1-2-18(14-10-8-13(17)9-11-14)16(19)12-20-15-6-4-3-5-7-15/h3-7,13-14H,2,8-12,17H2,1H3. The fourth-order valence-corrected chi connectivity index (χ4v) is 3.60. The van der Waals surface area contributed by atoms with Gasteiger partial charge in [-0.2, -0.15) is 0 Å². The molecule has 0 unspecified atom stereocenters. The van der Waals surface area contributed by atoms with Gasteiger partial charge in [-0.3, -0.25) is 4.79 Å². The largest absolute Gasteiger partial charge is 0.339 e. The van der Waals surface area contributed by atoms with Crippen LogP contribution < -0.4 is 5.73 Å². The van der Waals surface area contributed by atoms with E-state index >= 15 is 0 Å². The van der Waals surface area contributed by atoms with Gasteiger partial charge >= 0.3 is 0 Å². The van der Waals surface area contributed by atoms with Crippen LogP contribution in [0.3, 0.4) is 0 Å². The van der Waals surface area contributed by atoms with E-state index in [2.05, 4.69) is 6.92 Å². The number of nitrogens with zero attached hydrogens (tertiary/aromatic N) is 1. The molecule has 2 N–H and O–H groups in total. The second kappa shape index (κ2) is 7.70. The topological polar surface area (TPSA) is 46.3 Å². The number of benzene rings is 1. The number of rotatable bonds is 5. The summed E-state index contributed by atoms with van der Waals surface area (Å²) in [5.41, 5.74) is 5.94. The highest BCUT2D eigenvalue weighted by Crippen LogP contribution is 2.24. The average molecular weight is 292 g/mol. The smallest absolute Gasteiger partial charge is 0.233 e. The summed E-state index contributed by atoms with van der Waals surface area (Å²) in [5.74, 6) is 0.780. The Kier molecular flexibility index (Phi) is 5.92. The minimum Gasteiger partial charge on any atom is -0.339 e. The van der Waals surface area contributed by atoms with Crippen molar-refractivity contribution in [3.8, 4) is 0 Å². The van der Waals surface area contributed by atoms with E-state index in [1.165, 1.54) is 0 Å². The van der Waals surface area contributed by atoms with Crippen LogP contribution in [0.15, 0.2) is 35.2 Å². The van der Waals surface area contributed by atoms with Gasteiger partial charge in [-0.25, -0.2) is 0 Å². The highest BCUT2D eigenvalue weighted by molar-refractivity contribution is 8.00. The number of hydrogen-bond acceptors (Lipinski definition) is 3. The van der Waals surface area contributed by atoms with Gasteiger partial charge in [0.2, 0.25) is 5.91 Å². The zero-order valence-corrected chi connectivity index (χ0v) is 12.9. The van der Waals surface area contributed by atoms with Crippen molar-refractivity contribution in [2.24, 2.45) is 5.73 Å². The van der Waals surface area contributed by atoms with Gasteiger partial charge in [0, 0.05) is 23.5 Å². The van der Waals surface area contributed by atoms with E-state index in [0.29, 0.717) is 17.8 Å². The van der Waals surface area contributed by atoms with Gasteiger partial charge in [-0.05, 0) is 44.7 Å². The quantitative estimate of drug-likeness (QED) is 0.849. The molecule has 1 aliphatic carbocycles. The fourth-order valence-electron chi connectivity index (χ4n) is 2.80. The summed E-state index contributed by atoms with van der Waals surface area (Å²) in [6, 6.07) is 10.8. The van der Waals surface area contributed by atoms with E-state index in [0.717, 1.165) is 37.1 Å². The Balaban J connectivity index is 1.86. The number of thioether (sulfide) groups is 1. The average Bonchev–Trinajstić information content (AvgIpc) is 2.49. The third kappa shape index (κ3) is 4.25. The Bertz CT molecular complexity index is 416. The van der Waals surface area contributed by atoms with Crippen LogP contribution in [0, 0.1) is 0 Å². The van der Waals surface area contributed by atoms with Gasteiger partial charge in [-0.1, -0.05) is 18.2 Å². The van der Waals surface area contributed by atoms with E-state index in [-0.39, 0.29) is 5.91 Å². The summed E-state index contributed by atoms with van der Waals surface area (Å²) >= 11 is 1.62. The number of carbonyl (C=O) groups is 1. The molecule has 0 bridgehead atoms. The zero-order chi connectivity index (χ0) is 14.4. The molecule has 0 aliphatic heterocycles. The Labute approximate surface area is 125 Å². The van der Waals surface area contributed by atoms with Gasteiger partial charge in [0.05, 0.1) is 5.75 Å². The molecule has 20 heavy (non-hydrogen) atoms. The van der Waals surface area contributed by atoms with Gasteiger partial charge in [0.1, 0.15) is 0 Å². The van der Waals surface area contributed by atoms with E-state index in [1.54, 1.807) is 11.8 Å². The van der Waals surface area contributed by atoms with Crippen LogP contribution in [-0.2, 0) is 4.79 Å². The molecule has 1 fully saturated rings. The highest BCUT2D eigenvalue weighted by Gasteiger charge is 2.26. The molecular weight excluding hydrogens is 268 g/mol. The first-order valence-electron chi connectivity index (χ1n) is 7.43. The van der Waals surface area contributed by atoms with Gasteiger partial charge < -0.3 is 10.6 Å². The molecule has 4 heteroatoms. The maximum atomic E-state index is 12.4. The summed E-state index contributed by atoms with van der Waals surface area (Å²) < 4.78 is 0. The molecule has 0 radical (unpaired) electrons. The first-order chi connectivity index (χ1) is 9.70. The number of hydrogen-bond donors (Lipinski definition) is 1. The first kappa shape index (κ1) is 15.4. The molecule has 0 aromatic heterocycles. The molecule has 1 saturated carbocycles. The monoisotopic (exact) mass is 292 g/mol. The Morgan fingerprint density at radius 2 is 1.90 bits per heavy atom. The van der Waals surface area contributed by atoms with Gasteiger partial charge in [-0.15, -0.1) is 11.8 Å². The van der Waals surface area contributed by atoms with E-state index in [4.69, 9.17) is 5.73 Å². The molecule has 1 aromatic carbocycles. The van der Waals surface area contributed by atoms with Gasteiger partial charge in [0.15, 0.2) is 0 Å². The summed E-state index contributed by atoms with van der Waals surface area (Å²) in [6.45, 7) is 2.87. The molecular formula is C16H24N2OS. The normalized spacial score (nSPS) is 22.5. The first-order valence-corrected chi connectivity index (χ1v) is 8.42. The van der Waals surface area contributed by atoms with Crippen LogP contribution >= 0.6 is 11.8 Å². The van der Waals surface area contributed by atoms with Crippen molar-refractivity contribution >= 4 is 17.7 Å². The summed E-state index contributed by atoms with van der Waals surface area (Å²) in [5, 5.41) is 0. The van der Waals surface area contributed by atoms with E-state index in [1.807, 2.05) is 35.2 Å². The Morgan fingerprint density at radius 1 is 1.25 bits per heavy atom. The molecule has 1 aromatic rings. The molecule has 3 nitrogen and oxygen atoms in total. The Hall–Kier alpha value is -1.00.